The van der Waals surface area contributed by atoms with Crippen LogP contribution >= 0.6 is 11.6 Å². The first-order valence-electron chi connectivity index (χ1n) is 7.43. The van der Waals surface area contributed by atoms with Crippen molar-refractivity contribution in [3.05, 3.63) is 57.6 Å². The van der Waals surface area contributed by atoms with Crippen LogP contribution in [0.4, 0.5) is 20.2 Å². The van der Waals surface area contributed by atoms with E-state index in [1.165, 1.54) is 0 Å². The zero-order valence-electron chi connectivity index (χ0n) is 13.7. The maximum atomic E-state index is 14.4. The van der Waals surface area contributed by atoms with Gasteiger partial charge in [-0.15, -0.1) is 6.42 Å². The molecular formula is C18H15ClF2N2O3. The molecular weight excluding hydrogens is 366 g/mol. The summed E-state index contributed by atoms with van der Waals surface area (Å²) in [6.45, 7) is 1.22. The van der Waals surface area contributed by atoms with Crippen LogP contribution in [0.2, 0.25) is 5.02 Å². The molecule has 3 N–H and O–H groups in total. The zero-order valence-corrected chi connectivity index (χ0v) is 14.5. The Morgan fingerprint density at radius 2 is 2.08 bits per heavy atom. The minimum absolute atomic E-state index is 0.168. The molecule has 0 saturated carbocycles. The molecule has 0 saturated heterocycles. The lowest BCUT2D eigenvalue weighted by molar-refractivity contribution is 0.0168. The van der Waals surface area contributed by atoms with Crippen molar-refractivity contribution >= 4 is 28.9 Å². The maximum Gasteiger partial charge on any atom is 0.277 e. The van der Waals surface area contributed by atoms with Gasteiger partial charge in [0.2, 0.25) is 0 Å². The van der Waals surface area contributed by atoms with E-state index in [0.717, 1.165) is 6.07 Å². The normalized spacial score (nSPS) is 10.3. The van der Waals surface area contributed by atoms with Crippen LogP contribution in [0.15, 0.2) is 24.3 Å². The molecule has 8 heteroatoms. The molecule has 0 aliphatic carbocycles. The predicted molar refractivity (Wildman–Crippen MR) is 94.3 cm³/mol. The van der Waals surface area contributed by atoms with Gasteiger partial charge in [0.15, 0.2) is 11.6 Å². The summed E-state index contributed by atoms with van der Waals surface area (Å²) in [4.78, 5) is 16.9. The molecule has 26 heavy (non-hydrogen) atoms. The summed E-state index contributed by atoms with van der Waals surface area (Å²) in [5.74, 6) is -1.00. The highest BCUT2D eigenvalue weighted by atomic mass is 35.5. The first-order valence-corrected chi connectivity index (χ1v) is 7.81. The summed E-state index contributed by atoms with van der Waals surface area (Å²) in [6, 6.07) is 5.85. The van der Waals surface area contributed by atoms with Crippen molar-refractivity contribution < 1.29 is 23.5 Å². The molecule has 0 spiro atoms. The second kappa shape index (κ2) is 8.63. The number of nitrogens with one attached hydrogen (secondary N) is 2. The van der Waals surface area contributed by atoms with Gasteiger partial charge in [-0.05, 0) is 36.8 Å². The van der Waals surface area contributed by atoms with Crippen LogP contribution in [-0.2, 0) is 4.84 Å². The molecule has 136 valence electrons. The maximum absolute atomic E-state index is 14.4. The number of aliphatic hydroxyl groups excluding tert-OH is 1. The number of halogens is 3. The summed E-state index contributed by atoms with van der Waals surface area (Å²) in [5, 5.41) is 10.8. The van der Waals surface area contributed by atoms with Gasteiger partial charge in [-0.25, -0.2) is 14.3 Å². The molecule has 0 aromatic heterocycles. The number of aliphatic hydroxyl groups is 1. The van der Waals surface area contributed by atoms with Gasteiger partial charge in [0, 0.05) is 11.3 Å². The van der Waals surface area contributed by atoms with Crippen LogP contribution in [0.3, 0.4) is 0 Å². The fourth-order valence-corrected chi connectivity index (χ4v) is 2.33. The Kier molecular flexibility index (Phi) is 6.52. The molecule has 2 aromatic rings. The van der Waals surface area contributed by atoms with E-state index in [2.05, 4.69) is 11.2 Å². The van der Waals surface area contributed by atoms with E-state index in [-0.39, 0.29) is 18.8 Å². The smallest absolute Gasteiger partial charge is 0.277 e. The highest BCUT2D eigenvalue weighted by Crippen LogP contribution is 2.32. The third-order valence-electron chi connectivity index (χ3n) is 3.42. The molecule has 0 unspecified atom stereocenters. The van der Waals surface area contributed by atoms with E-state index in [9.17, 15) is 13.6 Å². The van der Waals surface area contributed by atoms with Crippen molar-refractivity contribution in [2.75, 3.05) is 18.5 Å². The van der Waals surface area contributed by atoms with Crippen LogP contribution in [0.1, 0.15) is 21.5 Å². The first-order chi connectivity index (χ1) is 12.4. The molecule has 0 heterocycles. The van der Waals surface area contributed by atoms with Crippen molar-refractivity contribution in [1.29, 1.82) is 0 Å². The summed E-state index contributed by atoms with van der Waals surface area (Å²) >= 11 is 5.64. The number of carbonyl (C=O) groups excluding carboxylic acids is 1. The number of terminal acetylenes is 1. The van der Waals surface area contributed by atoms with Crippen LogP contribution in [-0.4, -0.2) is 24.2 Å². The number of aryl methyl sites for hydroxylation is 1. The highest BCUT2D eigenvalue weighted by Gasteiger charge is 2.23. The first kappa shape index (κ1) is 19.7. The van der Waals surface area contributed by atoms with E-state index in [1.807, 2.05) is 5.48 Å². The Morgan fingerprint density at radius 3 is 2.69 bits per heavy atom. The second-order valence-electron chi connectivity index (χ2n) is 5.21. The lowest BCUT2D eigenvalue weighted by Crippen LogP contribution is -2.26. The third kappa shape index (κ3) is 4.29. The monoisotopic (exact) mass is 380 g/mol. The van der Waals surface area contributed by atoms with Gasteiger partial charge in [-0.2, -0.15) is 0 Å². The summed E-state index contributed by atoms with van der Waals surface area (Å²) in [7, 11) is 0. The summed E-state index contributed by atoms with van der Waals surface area (Å²) in [6.07, 6.45) is 5.32. The van der Waals surface area contributed by atoms with Crippen molar-refractivity contribution in [1.82, 2.24) is 5.48 Å². The molecule has 0 aliphatic rings. The quantitative estimate of drug-likeness (QED) is 0.311. The topological polar surface area (TPSA) is 70.6 Å². The molecule has 0 fully saturated rings. The lowest BCUT2D eigenvalue weighted by Gasteiger charge is -2.16. The highest BCUT2D eigenvalue weighted by molar-refractivity contribution is 6.31. The zero-order chi connectivity index (χ0) is 19.3. The van der Waals surface area contributed by atoms with Crippen molar-refractivity contribution in [3.63, 3.8) is 0 Å². The number of benzene rings is 2. The number of carbonyl (C=O) groups is 1. The number of hydroxylamine groups is 1. The molecule has 0 bridgehead atoms. The second-order valence-corrected chi connectivity index (χ2v) is 5.62. The minimum Gasteiger partial charge on any atom is -0.394 e. The summed E-state index contributed by atoms with van der Waals surface area (Å²) in [5.41, 5.74) is 3.05. The van der Waals surface area contributed by atoms with E-state index >= 15 is 0 Å². The molecule has 0 aliphatic heterocycles. The largest absolute Gasteiger partial charge is 0.394 e. The molecule has 1 amide bonds. The standard InChI is InChI=1S/C18H15ClF2N2O3/c1-3-11-4-5-14(10(2)8-11)22-17-12(18(25)23-26-7-6-24)9-13(19)15(20)16(17)21/h1,4-5,8-9,22,24H,6-7H2,2H3,(H,23,25). The van der Waals surface area contributed by atoms with Crippen molar-refractivity contribution in [2.45, 2.75) is 6.92 Å². The van der Waals surface area contributed by atoms with Gasteiger partial charge in [0.25, 0.3) is 5.91 Å². The van der Waals surface area contributed by atoms with E-state index in [4.69, 9.17) is 28.0 Å². The average Bonchev–Trinajstić information content (AvgIpc) is 2.63. The van der Waals surface area contributed by atoms with Gasteiger partial charge < -0.3 is 10.4 Å². The van der Waals surface area contributed by atoms with Gasteiger partial charge in [-0.1, -0.05) is 17.5 Å². The minimum atomic E-state index is -1.31. The number of anilines is 2. The van der Waals surface area contributed by atoms with Crippen molar-refractivity contribution in [2.24, 2.45) is 0 Å². The number of hydrogen-bond donors (Lipinski definition) is 3. The molecule has 5 nitrogen and oxygen atoms in total. The van der Waals surface area contributed by atoms with Crippen molar-refractivity contribution in [3.8, 4) is 12.3 Å². The van der Waals surface area contributed by atoms with Gasteiger partial charge in [-0.3, -0.25) is 9.63 Å². The fraction of sp³-hybridized carbons (Fsp3) is 0.167. The molecule has 0 radical (unpaired) electrons. The Balaban J connectivity index is 2.44. The van der Waals surface area contributed by atoms with Gasteiger partial charge in [0.1, 0.15) is 0 Å². The average molecular weight is 381 g/mol. The Hall–Kier alpha value is -2.66. The number of amides is 1. The van der Waals surface area contributed by atoms with Crippen LogP contribution in [0.5, 0.6) is 0 Å². The molecule has 0 atom stereocenters. The molecule has 2 rings (SSSR count). The van der Waals surface area contributed by atoms with E-state index in [1.54, 1.807) is 25.1 Å². The Morgan fingerprint density at radius 1 is 1.35 bits per heavy atom. The SMILES string of the molecule is C#Cc1ccc(Nc2c(C(=O)NOCCO)cc(Cl)c(F)c2F)c(C)c1. The third-order valence-corrected chi connectivity index (χ3v) is 3.69. The van der Waals surface area contributed by atoms with Crippen LogP contribution in [0.25, 0.3) is 0 Å². The fourth-order valence-electron chi connectivity index (χ4n) is 2.14. The number of rotatable bonds is 6. The van der Waals surface area contributed by atoms with Crippen LogP contribution < -0.4 is 10.8 Å². The number of hydrogen-bond acceptors (Lipinski definition) is 4. The summed E-state index contributed by atoms with van der Waals surface area (Å²) < 4.78 is 28.3. The predicted octanol–water partition coefficient (Wildman–Crippen LogP) is 3.31. The Labute approximate surface area is 153 Å². The van der Waals surface area contributed by atoms with E-state index in [0.29, 0.717) is 16.8 Å². The van der Waals surface area contributed by atoms with Gasteiger partial charge >= 0.3 is 0 Å². The van der Waals surface area contributed by atoms with Gasteiger partial charge in [0.05, 0.1) is 29.5 Å². The van der Waals surface area contributed by atoms with Crippen LogP contribution in [0, 0.1) is 30.9 Å². The Bertz CT molecular complexity index is 882. The van der Waals surface area contributed by atoms with E-state index < -0.39 is 28.3 Å². The lowest BCUT2D eigenvalue weighted by atomic mass is 10.1. The molecule has 2 aromatic carbocycles.